The third-order valence-corrected chi connectivity index (χ3v) is 4.31. The highest BCUT2D eigenvalue weighted by Gasteiger charge is 2.18. The maximum Gasteiger partial charge on any atom is 0.309 e. The predicted molar refractivity (Wildman–Crippen MR) is 98.4 cm³/mol. The molecule has 0 aliphatic carbocycles. The molecular formula is C20H17N6+. The minimum atomic E-state index is 0.131. The molecule has 0 spiro atoms. The van der Waals surface area contributed by atoms with Crippen molar-refractivity contribution in [3.63, 3.8) is 0 Å². The molecule has 126 valence electrons. The molecule has 26 heavy (non-hydrogen) atoms. The van der Waals surface area contributed by atoms with Gasteiger partial charge in [0, 0.05) is 12.5 Å². The summed E-state index contributed by atoms with van der Waals surface area (Å²) in [5.41, 5.74) is 3.80. The summed E-state index contributed by atoms with van der Waals surface area (Å²) in [6.45, 7) is 0.643. The van der Waals surface area contributed by atoms with Crippen molar-refractivity contribution in [1.82, 2.24) is 15.0 Å². The van der Waals surface area contributed by atoms with Crippen LogP contribution in [-0.4, -0.2) is 21.5 Å². The van der Waals surface area contributed by atoms with E-state index in [2.05, 4.69) is 49.5 Å². The molecule has 0 radical (unpaired) electrons. The maximum absolute atomic E-state index is 9.17. The van der Waals surface area contributed by atoms with Gasteiger partial charge < -0.3 is 5.32 Å². The van der Waals surface area contributed by atoms with E-state index in [9.17, 15) is 0 Å². The number of nitrogens with zero attached hydrogens (tertiary/aromatic N) is 3. The number of nitrogens with one attached hydrogen (secondary N) is 3. The van der Waals surface area contributed by atoms with E-state index in [1.54, 1.807) is 6.33 Å². The molecular weight excluding hydrogens is 324 g/mol. The van der Waals surface area contributed by atoms with Gasteiger partial charge in [-0.2, -0.15) is 10.2 Å². The number of aromatic amines is 2. The molecule has 0 amide bonds. The Morgan fingerprint density at radius 1 is 1.00 bits per heavy atom. The Kier molecular flexibility index (Phi) is 4.27. The lowest BCUT2D eigenvalue weighted by molar-refractivity contribution is -0.347. The highest BCUT2D eigenvalue weighted by Crippen LogP contribution is 2.25. The lowest BCUT2D eigenvalue weighted by atomic mass is 9.91. The summed E-state index contributed by atoms with van der Waals surface area (Å²) in [6.07, 6.45) is 1.68. The van der Waals surface area contributed by atoms with Gasteiger partial charge in [0.05, 0.1) is 0 Å². The summed E-state index contributed by atoms with van der Waals surface area (Å²) < 4.78 is 0. The lowest BCUT2D eigenvalue weighted by Gasteiger charge is -2.19. The van der Waals surface area contributed by atoms with E-state index in [-0.39, 0.29) is 11.7 Å². The number of aromatic nitrogens is 4. The molecule has 0 saturated carbocycles. The van der Waals surface area contributed by atoms with Gasteiger partial charge >= 0.3 is 11.5 Å². The van der Waals surface area contributed by atoms with Gasteiger partial charge in [0.25, 0.3) is 0 Å². The fraction of sp³-hybridized carbons (Fsp3) is 0.100. The first kappa shape index (κ1) is 15.8. The summed E-state index contributed by atoms with van der Waals surface area (Å²) in [5.74, 6) is 0.906. The minimum absolute atomic E-state index is 0.131. The Balaban J connectivity index is 1.68. The molecule has 0 unspecified atom stereocenters. The van der Waals surface area contributed by atoms with Gasteiger partial charge in [0.1, 0.15) is 0 Å². The molecule has 2 aromatic heterocycles. The van der Waals surface area contributed by atoms with Crippen LogP contribution >= 0.6 is 0 Å². The summed E-state index contributed by atoms with van der Waals surface area (Å²) in [6, 6.07) is 22.7. The van der Waals surface area contributed by atoms with Gasteiger partial charge in [0.15, 0.2) is 18.2 Å². The largest absolute Gasteiger partial charge is 0.366 e. The molecule has 6 nitrogen and oxygen atoms in total. The fourth-order valence-electron chi connectivity index (χ4n) is 3.05. The van der Waals surface area contributed by atoms with Crippen molar-refractivity contribution in [1.29, 1.82) is 5.26 Å². The third kappa shape index (κ3) is 3.10. The molecule has 4 aromatic rings. The van der Waals surface area contributed by atoms with E-state index in [1.165, 1.54) is 11.1 Å². The standard InChI is InChI=1S/C20H16N6/c21-11-17-25-19(18-20(26-17)24-13-23-18)22-12-16(14-7-3-1-4-8-14)15-9-5-2-6-10-15/h1-10,13,16H,12H2,(H2,22,23,24,25,26)/p+1. The number of benzene rings is 2. The third-order valence-electron chi connectivity index (χ3n) is 4.31. The zero-order valence-electron chi connectivity index (χ0n) is 14.0. The number of rotatable bonds is 5. The zero-order chi connectivity index (χ0) is 17.8. The lowest BCUT2D eigenvalue weighted by Crippen LogP contribution is -2.16. The second-order valence-electron chi connectivity index (χ2n) is 5.92. The van der Waals surface area contributed by atoms with Crippen LogP contribution in [0.4, 0.5) is 5.82 Å². The SMILES string of the molecule is N#Cc1nc(NCC(c2ccccc2)c2ccccc2)c2[nH]c[nH+]c2n1. The summed E-state index contributed by atoms with van der Waals surface area (Å²) in [4.78, 5) is 14.6. The highest BCUT2D eigenvalue weighted by atomic mass is 15.1. The van der Waals surface area contributed by atoms with Crippen LogP contribution in [0.1, 0.15) is 22.9 Å². The molecule has 3 N–H and O–H groups in total. The number of hydrogen-bond donors (Lipinski definition) is 2. The van der Waals surface area contributed by atoms with Crippen molar-refractivity contribution in [3.05, 3.63) is 83.9 Å². The number of nitriles is 1. The van der Waals surface area contributed by atoms with Crippen molar-refractivity contribution in [2.24, 2.45) is 0 Å². The van der Waals surface area contributed by atoms with E-state index in [1.807, 2.05) is 42.5 Å². The number of anilines is 1. The first-order valence-electron chi connectivity index (χ1n) is 8.36. The monoisotopic (exact) mass is 341 g/mol. The first-order valence-corrected chi connectivity index (χ1v) is 8.36. The Morgan fingerprint density at radius 3 is 2.27 bits per heavy atom. The Labute approximate surface area is 150 Å². The second-order valence-corrected chi connectivity index (χ2v) is 5.92. The Hall–Kier alpha value is -3.72. The van der Waals surface area contributed by atoms with Crippen LogP contribution in [0.5, 0.6) is 0 Å². The van der Waals surface area contributed by atoms with Gasteiger partial charge in [-0.15, -0.1) is 0 Å². The molecule has 0 fully saturated rings. The van der Waals surface area contributed by atoms with E-state index < -0.39 is 0 Å². The molecule has 6 heteroatoms. The van der Waals surface area contributed by atoms with Crippen molar-refractivity contribution >= 4 is 17.0 Å². The number of imidazole rings is 1. The van der Waals surface area contributed by atoms with Crippen molar-refractivity contribution in [2.45, 2.75) is 5.92 Å². The summed E-state index contributed by atoms with van der Waals surface area (Å²) in [5, 5.41) is 12.6. The smallest absolute Gasteiger partial charge is 0.309 e. The van der Waals surface area contributed by atoms with Crippen molar-refractivity contribution in [2.75, 3.05) is 11.9 Å². The Bertz CT molecular complexity index is 1010. The average molecular weight is 341 g/mol. The van der Waals surface area contributed by atoms with Gasteiger partial charge in [-0.1, -0.05) is 65.6 Å². The van der Waals surface area contributed by atoms with Crippen molar-refractivity contribution < 1.29 is 4.98 Å². The van der Waals surface area contributed by atoms with Crippen LogP contribution in [0, 0.1) is 11.3 Å². The number of hydrogen-bond acceptors (Lipinski definition) is 4. The van der Waals surface area contributed by atoms with Gasteiger partial charge in [-0.3, -0.25) is 4.98 Å². The molecule has 0 atom stereocenters. The molecule has 0 aliphatic rings. The average Bonchev–Trinajstić information content (AvgIpc) is 3.18. The van der Waals surface area contributed by atoms with E-state index >= 15 is 0 Å². The number of H-pyrrole nitrogens is 2. The van der Waals surface area contributed by atoms with Crippen LogP contribution in [0.2, 0.25) is 0 Å². The van der Waals surface area contributed by atoms with Crippen LogP contribution < -0.4 is 10.3 Å². The predicted octanol–water partition coefficient (Wildman–Crippen LogP) is 2.89. The zero-order valence-corrected chi connectivity index (χ0v) is 14.0. The van der Waals surface area contributed by atoms with Crippen LogP contribution in [0.3, 0.4) is 0 Å². The fourth-order valence-corrected chi connectivity index (χ4v) is 3.05. The molecule has 0 bridgehead atoms. The quantitative estimate of drug-likeness (QED) is 0.584. The van der Waals surface area contributed by atoms with E-state index in [0.717, 1.165) is 5.52 Å². The van der Waals surface area contributed by atoms with Gasteiger partial charge in [-0.05, 0) is 11.1 Å². The van der Waals surface area contributed by atoms with Crippen LogP contribution in [-0.2, 0) is 0 Å². The molecule has 2 heterocycles. The molecule has 0 aliphatic heterocycles. The first-order chi connectivity index (χ1) is 12.8. The molecule has 0 saturated heterocycles. The normalized spacial score (nSPS) is 10.8. The summed E-state index contributed by atoms with van der Waals surface area (Å²) in [7, 11) is 0. The van der Waals surface area contributed by atoms with Gasteiger partial charge in [0.2, 0.25) is 5.52 Å². The maximum atomic E-state index is 9.17. The summed E-state index contributed by atoms with van der Waals surface area (Å²) >= 11 is 0. The van der Waals surface area contributed by atoms with E-state index in [4.69, 9.17) is 5.26 Å². The highest BCUT2D eigenvalue weighted by molar-refractivity contribution is 5.80. The second kappa shape index (κ2) is 7.03. The van der Waals surface area contributed by atoms with Crippen LogP contribution in [0.15, 0.2) is 67.0 Å². The van der Waals surface area contributed by atoms with Crippen LogP contribution in [0.25, 0.3) is 11.2 Å². The Morgan fingerprint density at radius 2 is 1.65 bits per heavy atom. The topological polar surface area (TPSA) is 91.5 Å². The van der Waals surface area contributed by atoms with Gasteiger partial charge in [-0.25, -0.2) is 4.98 Å². The number of fused-ring (bicyclic) bond motifs is 1. The molecule has 4 rings (SSSR count). The minimum Gasteiger partial charge on any atom is -0.366 e. The van der Waals surface area contributed by atoms with Crippen molar-refractivity contribution in [3.8, 4) is 6.07 Å². The van der Waals surface area contributed by atoms with E-state index in [0.29, 0.717) is 18.0 Å². The molecule has 2 aromatic carbocycles.